The Bertz CT molecular complexity index is 562. The maximum Gasteiger partial charge on any atom is 0.0805 e. The van der Waals surface area contributed by atoms with Gasteiger partial charge in [-0.25, -0.2) is 0 Å². The number of aromatic nitrogens is 1. The molecule has 1 N–H and O–H groups in total. The minimum absolute atomic E-state index is 0.233. The van der Waals surface area contributed by atoms with E-state index in [4.69, 9.17) is 4.74 Å². The lowest BCUT2D eigenvalue weighted by atomic mass is 10.0. The number of pyridine rings is 1. The molecular formula is C18H22N2O2. The van der Waals surface area contributed by atoms with E-state index in [0.29, 0.717) is 13.0 Å². The van der Waals surface area contributed by atoms with Crippen LogP contribution in [-0.2, 0) is 11.3 Å². The molecule has 1 aromatic heterocycles. The van der Waals surface area contributed by atoms with Crippen LogP contribution in [0.25, 0.3) is 0 Å². The number of hydrogen-bond donors (Lipinski definition) is 1. The average Bonchev–Trinajstić information content (AvgIpc) is 2.58. The molecule has 22 heavy (non-hydrogen) atoms. The molecule has 1 aliphatic heterocycles. The summed E-state index contributed by atoms with van der Waals surface area (Å²) in [5, 5.41) is 10.5. The first kappa shape index (κ1) is 15.2. The molecule has 1 aliphatic rings. The van der Waals surface area contributed by atoms with Gasteiger partial charge in [-0.3, -0.25) is 9.88 Å². The van der Waals surface area contributed by atoms with Crippen LogP contribution < -0.4 is 0 Å². The van der Waals surface area contributed by atoms with Crippen molar-refractivity contribution < 1.29 is 9.84 Å². The summed E-state index contributed by atoms with van der Waals surface area (Å²) in [5.41, 5.74) is 2.22. The van der Waals surface area contributed by atoms with Crippen molar-refractivity contribution in [3.63, 3.8) is 0 Å². The third-order valence-corrected chi connectivity index (χ3v) is 4.16. The van der Waals surface area contributed by atoms with Gasteiger partial charge >= 0.3 is 0 Å². The van der Waals surface area contributed by atoms with Gasteiger partial charge < -0.3 is 9.84 Å². The lowest BCUT2D eigenvalue weighted by Crippen LogP contribution is -2.45. The molecule has 3 rings (SSSR count). The van der Waals surface area contributed by atoms with Gasteiger partial charge in [0.15, 0.2) is 0 Å². The Kier molecular flexibility index (Phi) is 5.16. The summed E-state index contributed by atoms with van der Waals surface area (Å²) in [6.07, 6.45) is 3.88. The van der Waals surface area contributed by atoms with E-state index in [0.717, 1.165) is 25.3 Å². The molecule has 0 amide bonds. The predicted molar refractivity (Wildman–Crippen MR) is 85.3 cm³/mol. The normalized spacial score (nSPS) is 20.7. The van der Waals surface area contributed by atoms with Gasteiger partial charge in [-0.1, -0.05) is 30.3 Å². The van der Waals surface area contributed by atoms with Crippen molar-refractivity contribution >= 4 is 0 Å². The molecule has 0 saturated carbocycles. The molecule has 2 aromatic rings. The van der Waals surface area contributed by atoms with Gasteiger partial charge in [-0.05, 0) is 29.7 Å². The lowest BCUT2D eigenvalue weighted by molar-refractivity contribution is -0.0300. The molecule has 1 fully saturated rings. The zero-order valence-electron chi connectivity index (χ0n) is 12.6. The maximum atomic E-state index is 10.5. The molecule has 4 heteroatoms. The fourth-order valence-corrected chi connectivity index (χ4v) is 2.91. The summed E-state index contributed by atoms with van der Waals surface area (Å²) >= 11 is 0. The van der Waals surface area contributed by atoms with Crippen molar-refractivity contribution in [3.8, 4) is 0 Å². The van der Waals surface area contributed by atoms with Crippen LogP contribution in [0.5, 0.6) is 0 Å². The van der Waals surface area contributed by atoms with E-state index in [-0.39, 0.29) is 6.04 Å². The van der Waals surface area contributed by atoms with Gasteiger partial charge in [0.2, 0.25) is 0 Å². The molecule has 4 nitrogen and oxygen atoms in total. The molecule has 2 unspecified atom stereocenters. The van der Waals surface area contributed by atoms with Crippen LogP contribution in [-0.4, -0.2) is 40.8 Å². The van der Waals surface area contributed by atoms with Crippen LogP contribution in [0.15, 0.2) is 54.9 Å². The highest BCUT2D eigenvalue weighted by Gasteiger charge is 2.26. The van der Waals surface area contributed by atoms with E-state index < -0.39 is 6.10 Å². The van der Waals surface area contributed by atoms with E-state index in [2.05, 4.69) is 9.88 Å². The minimum Gasteiger partial charge on any atom is -0.388 e. The molecule has 2 heterocycles. The Hall–Kier alpha value is -1.75. The number of aliphatic hydroxyl groups is 1. The quantitative estimate of drug-likeness (QED) is 0.921. The number of aliphatic hydroxyl groups excluding tert-OH is 1. The zero-order chi connectivity index (χ0) is 15.2. The van der Waals surface area contributed by atoms with Gasteiger partial charge in [0.1, 0.15) is 0 Å². The maximum absolute atomic E-state index is 10.5. The van der Waals surface area contributed by atoms with Crippen LogP contribution in [0.3, 0.4) is 0 Å². The monoisotopic (exact) mass is 298 g/mol. The molecule has 0 radical (unpaired) electrons. The Morgan fingerprint density at radius 2 is 1.95 bits per heavy atom. The van der Waals surface area contributed by atoms with Crippen LogP contribution in [0.2, 0.25) is 0 Å². The largest absolute Gasteiger partial charge is 0.388 e. The Morgan fingerprint density at radius 3 is 2.73 bits per heavy atom. The van der Waals surface area contributed by atoms with Crippen molar-refractivity contribution in [1.82, 2.24) is 9.88 Å². The first-order valence-electron chi connectivity index (χ1n) is 7.76. The average molecular weight is 298 g/mol. The number of benzene rings is 1. The Labute approximate surface area is 131 Å². The molecular weight excluding hydrogens is 276 g/mol. The third kappa shape index (κ3) is 3.91. The van der Waals surface area contributed by atoms with Gasteiger partial charge in [-0.15, -0.1) is 0 Å². The second kappa shape index (κ2) is 7.49. The first-order chi connectivity index (χ1) is 10.8. The number of hydrogen-bond acceptors (Lipinski definition) is 4. The standard InChI is InChI=1S/C18H22N2O2/c21-18(16-4-2-1-3-5-16)12-17-14-22-11-10-20(17)13-15-6-8-19-9-7-15/h1-9,17-18,21H,10-14H2. The molecule has 2 atom stereocenters. The second-order valence-electron chi connectivity index (χ2n) is 5.72. The van der Waals surface area contributed by atoms with Crippen LogP contribution in [0, 0.1) is 0 Å². The lowest BCUT2D eigenvalue weighted by Gasteiger charge is -2.36. The van der Waals surface area contributed by atoms with E-state index in [1.807, 2.05) is 54.9 Å². The molecule has 1 aromatic carbocycles. The molecule has 116 valence electrons. The van der Waals surface area contributed by atoms with Gasteiger partial charge in [0, 0.05) is 31.5 Å². The topological polar surface area (TPSA) is 45.6 Å². The highest BCUT2D eigenvalue weighted by atomic mass is 16.5. The summed E-state index contributed by atoms with van der Waals surface area (Å²) in [4.78, 5) is 6.46. The van der Waals surface area contributed by atoms with Crippen molar-refractivity contribution in [1.29, 1.82) is 0 Å². The fourth-order valence-electron chi connectivity index (χ4n) is 2.91. The summed E-state index contributed by atoms with van der Waals surface area (Å²) in [7, 11) is 0. The predicted octanol–water partition coefficient (Wildman–Crippen LogP) is 2.41. The number of nitrogens with zero attached hydrogens (tertiary/aromatic N) is 2. The molecule has 1 saturated heterocycles. The van der Waals surface area contributed by atoms with E-state index >= 15 is 0 Å². The van der Waals surface area contributed by atoms with E-state index in [1.165, 1.54) is 5.56 Å². The summed E-state index contributed by atoms with van der Waals surface area (Å²) in [6, 6.07) is 14.2. The van der Waals surface area contributed by atoms with Gasteiger partial charge in [0.05, 0.1) is 19.3 Å². The molecule has 0 spiro atoms. The highest BCUT2D eigenvalue weighted by molar-refractivity contribution is 5.17. The smallest absolute Gasteiger partial charge is 0.0805 e. The summed E-state index contributed by atoms with van der Waals surface area (Å²) in [6.45, 7) is 3.20. The summed E-state index contributed by atoms with van der Waals surface area (Å²) < 4.78 is 5.62. The second-order valence-corrected chi connectivity index (χ2v) is 5.72. The van der Waals surface area contributed by atoms with Crippen LogP contribution >= 0.6 is 0 Å². The number of morpholine rings is 1. The number of rotatable bonds is 5. The highest BCUT2D eigenvalue weighted by Crippen LogP contribution is 2.23. The molecule has 0 aliphatic carbocycles. The van der Waals surface area contributed by atoms with Gasteiger partial charge in [0.25, 0.3) is 0 Å². The van der Waals surface area contributed by atoms with Gasteiger partial charge in [-0.2, -0.15) is 0 Å². The Balaban J connectivity index is 1.65. The molecule has 0 bridgehead atoms. The van der Waals surface area contributed by atoms with Crippen molar-refractivity contribution in [3.05, 3.63) is 66.0 Å². The number of ether oxygens (including phenoxy) is 1. The minimum atomic E-state index is -0.451. The fraction of sp³-hybridized carbons (Fsp3) is 0.389. The van der Waals surface area contributed by atoms with Crippen LogP contribution in [0.4, 0.5) is 0 Å². The Morgan fingerprint density at radius 1 is 1.18 bits per heavy atom. The third-order valence-electron chi connectivity index (χ3n) is 4.16. The SMILES string of the molecule is OC(CC1COCCN1Cc1ccncc1)c1ccccc1. The van der Waals surface area contributed by atoms with Crippen molar-refractivity contribution in [2.75, 3.05) is 19.8 Å². The summed E-state index contributed by atoms with van der Waals surface area (Å²) in [5.74, 6) is 0. The van der Waals surface area contributed by atoms with E-state index in [1.54, 1.807) is 0 Å². The van der Waals surface area contributed by atoms with Crippen molar-refractivity contribution in [2.24, 2.45) is 0 Å². The van der Waals surface area contributed by atoms with E-state index in [9.17, 15) is 5.11 Å². The zero-order valence-corrected chi connectivity index (χ0v) is 12.6. The first-order valence-corrected chi connectivity index (χ1v) is 7.76. The van der Waals surface area contributed by atoms with Crippen LogP contribution in [0.1, 0.15) is 23.7 Å². The van der Waals surface area contributed by atoms with Crippen molar-refractivity contribution in [2.45, 2.75) is 25.1 Å².